The quantitative estimate of drug-likeness (QED) is 0.921. The van der Waals surface area contributed by atoms with E-state index in [4.69, 9.17) is 10.7 Å². The van der Waals surface area contributed by atoms with Crippen molar-refractivity contribution in [2.24, 2.45) is 5.73 Å². The Labute approximate surface area is 112 Å². The van der Waals surface area contributed by atoms with Gasteiger partial charge in [0, 0.05) is 29.6 Å². The van der Waals surface area contributed by atoms with Gasteiger partial charge in [-0.3, -0.25) is 0 Å². The summed E-state index contributed by atoms with van der Waals surface area (Å²) in [4.78, 5) is 9.01. The van der Waals surface area contributed by atoms with Gasteiger partial charge in [-0.1, -0.05) is 20.8 Å². The minimum absolute atomic E-state index is 0.115. The molecule has 0 aromatic carbocycles. The van der Waals surface area contributed by atoms with Crippen molar-refractivity contribution < 1.29 is 0 Å². The monoisotopic (exact) mass is 264 g/mol. The molecule has 0 fully saturated rings. The molecule has 4 nitrogen and oxygen atoms in total. The Morgan fingerprint density at radius 2 is 2.17 bits per heavy atom. The van der Waals surface area contributed by atoms with Crippen LogP contribution in [0.15, 0.2) is 17.8 Å². The third-order valence-corrected chi connectivity index (χ3v) is 3.63. The van der Waals surface area contributed by atoms with Gasteiger partial charge in [0.25, 0.3) is 0 Å². The van der Waals surface area contributed by atoms with Gasteiger partial charge in [-0.15, -0.1) is 11.3 Å². The van der Waals surface area contributed by atoms with Crippen molar-refractivity contribution in [3.63, 3.8) is 0 Å². The average molecular weight is 264 g/mol. The Kier molecular flexibility index (Phi) is 3.82. The molecule has 2 N–H and O–H groups in total. The van der Waals surface area contributed by atoms with Crippen LogP contribution in [-0.2, 0) is 18.4 Å². The van der Waals surface area contributed by atoms with Crippen molar-refractivity contribution in [2.45, 2.75) is 39.2 Å². The maximum atomic E-state index is 5.58. The predicted octanol–water partition coefficient (Wildman–Crippen LogP) is 2.19. The number of nitrogens with zero attached hydrogens (tertiary/aromatic N) is 3. The van der Waals surface area contributed by atoms with Crippen molar-refractivity contribution in [1.82, 2.24) is 14.5 Å². The number of imidazole rings is 1. The second-order valence-corrected chi connectivity index (χ2v) is 6.33. The van der Waals surface area contributed by atoms with Crippen LogP contribution in [0.3, 0.4) is 0 Å². The summed E-state index contributed by atoms with van der Waals surface area (Å²) < 4.78 is 2.12. The first-order valence-corrected chi connectivity index (χ1v) is 7.03. The van der Waals surface area contributed by atoms with Crippen molar-refractivity contribution in [3.05, 3.63) is 34.3 Å². The molecule has 0 unspecified atom stereocenters. The lowest BCUT2D eigenvalue weighted by molar-refractivity contribution is 0.569. The molecule has 0 saturated carbocycles. The van der Waals surface area contributed by atoms with Gasteiger partial charge >= 0.3 is 0 Å². The van der Waals surface area contributed by atoms with E-state index in [0.29, 0.717) is 6.54 Å². The maximum absolute atomic E-state index is 5.58. The third kappa shape index (κ3) is 2.97. The van der Waals surface area contributed by atoms with E-state index in [1.807, 2.05) is 12.4 Å². The van der Waals surface area contributed by atoms with Crippen LogP contribution in [0.4, 0.5) is 0 Å². The fourth-order valence-corrected chi connectivity index (χ4v) is 2.73. The standard InChI is InChI=1S/C13H20N4S/c1-13(2,3)10-9-18-12(16-10)8-17-7-6-15-11(17)4-5-14/h6-7,9H,4-5,8,14H2,1-3H3. The van der Waals surface area contributed by atoms with E-state index in [2.05, 4.69) is 35.7 Å². The highest BCUT2D eigenvalue weighted by atomic mass is 32.1. The number of thiazole rings is 1. The Hall–Kier alpha value is -1.20. The van der Waals surface area contributed by atoms with Crippen LogP contribution in [0, 0.1) is 0 Å². The summed E-state index contributed by atoms with van der Waals surface area (Å²) in [6.45, 7) is 7.97. The Morgan fingerprint density at radius 3 is 2.78 bits per heavy atom. The molecule has 0 radical (unpaired) electrons. The van der Waals surface area contributed by atoms with E-state index in [0.717, 1.165) is 29.5 Å². The molecular weight excluding hydrogens is 244 g/mol. The molecule has 2 aromatic rings. The molecule has 0 atom stereocenters. The number of hydrogen-bond donors (Lipinski definition) is 1. The van der Waals surface area contributed by atoms with Gasteiger partial charge in [0.15, 0.2) is 0 Å². The van der Waals surface area contributed by atoms with Crippen LogP contribution < -0.4 is 5.73 Å². The Balaban J connectivity index is 2.14. The van der Waals surface area contributed by atoms with Gasteiger partial charge in [-0.05, 0) is 6.54 Å². The average Bonchev–Trinajstić information content (AvgIpc) is 2.89. The normalized spacial score (nSPS) is 12.0. The minimum Gasteiger partial charge on any atom is -0.330 e. The molecule has 0 bridgehead atoms. The summed E-state index contributed by atoms with van der Waals surface area (Å²) in [5.74, 6) is 1.03. The molecule has 0 aliphatic carbocycles. The molecule has 0 spiro atoms. The van der Waals surface area contributed by atoms with Crippen molar-refractivity contribution in [3.8, 4) is 0 Å². The summed E-state index contributed by atoms with van der Waals surface area (Å²) in [6, 6.07) is 0. The molecule has 18 heavy (non-hydrogen) atoms. The first-order chi connectivity index (χ1) is 8.50. The number of aromatic nitrogens is 3. The molecule has 0 amide bonds. The van der Waals surface area contributed by atoms with Crippen LogP contribution in [0.5, 0.6) is 0 Å². The minimum atomic E-state index is 0.115. The van der Waals surface area contributed by atoms with E-state index >= 15 is 0 Å². The second-order valence-electron chi connectivity index (χ2n) is 5.39. The number of nitrogens with two attached hydrogens (primary N) is 1. The van der Waals surface area contributed by atoms with E-state index in [-0.39, 0.29) is 5.41 Å². The van der Waals surface area contributed by atoms with Crippen LogP contribution in [0.2, 0.25) is 0 Å². The van der Waals surface area contributed by atoms with Crippen molar-refractivity contribution >= 4 is 11.3 Å². The Bertz CT molecular complexity index is 507. The van der Waals surface area contributed by atoms with Gasteiger partial charge in [0.05, 0.1) is 12.2 Å². The molecule has 0 aliphatic rings. The molecule has 2 aromatic heterocycles. The predicted molar refractivity (Wildman–Crippen MR) is 74.9 cm³/mol. The first-order valence-electron chi connectivity index (χ1n) is 6.15. The SMILES string of the molecule is CC(C)(C)c1csc(Cn2ccnc2CCN)n1. The zero-order valence-electron chi connectivity index (χ0n) is 11.2. The summed E-state index contributed by atoms with van der Waals surface area (Å²) in [5, 5.41) is 3.27. The van der Waals surface area contributed by atoms with Gasteiger partial charge in [-0.2, -0.15) is 0 Å². The largest absolute Gasteiger partial charge is 0.330 e. The van der Waals surface area contributed by atoms with Crippen molar-refractivity contribution in [1.29, 1.82) is 0 Å². The zero-order valence-corrected chi connectivity index (χ0v) is 12.0. The van der Waals surface area contributed by atoms with E-state index in [1.165, 1.54) is 0 Å². The molecule has 0 saturated heterocycles. The third-order valence-electron chi connectivity index (χ3n) is 2.80. The van der Waals surface area contributed by atoms with Gasteiger partial charge in [-0.25, -0.2) is 9.97 Å². The highest BCUT2D eigenvalue weighted by Crippen LogP contribution is 2.24. The first kappa shape index (κ1) is 13.2. The topological polar surface area (TPSA) is 56.7 Å². The summed E-state index contributed by atoms with van der Waals surface area (Å²) >= 11 is 1.71. The highest BCUT2D eigenvalue weighted by Gasteiger charge is 2.17. The van der Waals surface area contributed by atoms with Gasteiger partial charge < -0.3 is 10.3 Å². The lowest BCUT2D eigenvalue weighted by atomic mass is 9.93. The fourth-order valence-electron chi connectivity index (χ4n) is 1.71. The van der Waals surface area contributed by atoms with Crippen LogP contribution in [-0.4, -0.2) is 21.1 Å². The molecule has 98 valence electrons. The highest BCUT2D eigenvalue weighted by molar-refractivity contribution is 7.09. The summed E-state index contributed by atoms with van der Waals surface area (Å²) in [7, 11) is 0. The zero-order chi connectivity index (χ0) is 13.2. The lowest BCUT2D eigenvalue weighted by Gasteiger charge is -2.14. The summed E-state index contributed by atoms with van der Waals surface area (Å²) in [5.41, 5.74) is 6.85. The van der Waals surface area contributed by atoms with E-state index in [9.17, 15) is 0 Å². The van der Waals surface area contributed by atoms with E-state index < -0.39 is 0 Å². The number of hydrogen-bond acceptors (Lipinski definition) is 4. The fraction of sp³-hybridized carbons (Fsp3) is 0.538. The van der Waals surface area contributed by atoms with Gasteiger partial charge in [0.2, 0.25) is 0 Å². The molecule has 2 heterocycles. The van der Waals surface area contributed by atoms with Crippen molar-refractivity contribution in [2.75, 3.05) is 6.54 Å². The summed E-state index contributed by atoms with van der Waals surface area (Å²) in [6.07, 6.45) is 4.62. The molecule has 2 rings (SSSR count). The van der Waals surface area contributed by atoms with Crippen LogP contribution in [0.1, 0.15) is 37.3 Å². The molecule has 5 heteroatoms. The molecular formula is C13H20N4S. The lowest BCUT2D eigenvalue weighted by Crippen LogP contribution is -2.13. The van der Waals surface area contributed by atoms with E-state index in [1.54, 1.807) is 11.3 Å². The smallest absolute Gasteiger partial charge is 0.113 e. The Morgan fingerprint density at radius 1 is 1.39 bits per heavy atom. The molecule has 0 aliphatic heterocycles. The second kappa shape index (κ2) is 5.20. The van der Waals surface area contributed by atoms with Crippen LogP contribution >= 0.6 is 11.3 Å². The van der Waals surface area contributed by atoms with Crippen LogP contribution in [0.25, 0.3) is 0 Å². The number of rotatable bonds is 4. The van der Waals surface area contributed by atoms with Gasteiger partial charge in [0.1, 0.15) is 10.8 Å². The maximum Gasteiger partial charge on any atom is 0.113 e.